The van der Waals surface area contributed by atoms with Crippen LogP contribution in [0.3, 0.4) is 0 Å². The number of pyridine rings is 1. The summed E-state index contributed by atoms with van der Waals surface area (Å²) in [6.45, 7) is 0. The highest BCUT2D eigenvalue weighted by atomic mass is 15.4. The molecule has 1 aromatic carbocycles. The Bertz CT molecular complexity index is 1110. The van der Waals surface area contributed by atoms with E-state index in [0.717, 1.165) is 28.2 Å². The third-order valence-corrected chi connectivity index (χ3v) is 4.55. The maximum atomic E-state index is 8.93. The zero-order valence-electron chi connectivity index (χ0n) is 13.4. The number of nitrogens with zero attached hydrogens (tertiary/aromatic N) is 6. The highest BCUT2D eigenvalue weighted by Gasteiger charge is 2.25. The van der Waals surface area contributed by atoms with Gasteiger partial charge in [-0.25, -0.2) is 9.67 Å². The lowest BCUT2D eigenvalue weighted by atomic mass is 10.1. The number of benzene rings is 1. The van der Waals surface area contributed by atoms with Crippen LogP contribution in [-0.4, -0.2) is 24.4 Å². The molecule has 1 aliphatic carbocycles. The van der Waals surface area contributed by atoms with Gasteiger partial charge < -0.3 is 0 Å². The molecule has 6 nitrogen and oxygen atoms in total. The summed E-state index contributed by atoms with van der Waals surface area (Å²) in [7, 11) is 0. The molecule has 0 atom stereocenters. The highest BCUT2D eigenvalue weighted by Crippen LogP contribution is 2.34. The van der Waals surface area contributed by atoms with Crippen LogP contribution in [0.4, 0.5) is 0 Å². The third kappa shape index (κ3) is 2.37. The fraction of sp³-hybridized carbons (Fsp3) is 0.158. The predicted molar refractivity (Wildman–Crippen MR) is 92.6 cm³/mol. The van der Waals surface area contributed by atoms with Gasteiger partial charge in [-0.05, 0) is 37.1 Å². The van der Waals surface area contributed by atoms with Crippen molar-refractivity contribution in [3.63, 3.8) is 0 Å². The molecule has 120 valence electrons. The van der Waals surface area contributed by atoms with Crippen LogP contribution in [0, 0.1) is 11.3 Å². The van der Waals surface area contributed by atoms with Crippen molar-refractivity contribution >= 4 is 5.65 Å². The summed E-state index contributed by atoms with van der Waals surface area (Å²) in [5.41, 5.74) is 5.41. The lowest BCUT2D eigenvalue weighted by molar-refractivity contribution is 0.610. The van der Waals surface area contributed by atoms with Crippen molar-refractivity contribution in [3.05, 3.63) is 60.6 Å². The third-order valence-electron chi connectivity index (χ3n) is 4.55. The molecule has 0 unspecified atom stereocenters. The summed E-state index contributed by atoms with van der Waals surface area (Å²) < 4.78 is 3.99. The number of nitriles is 1. The summed E-state index contributed by atoms with van der Waals surface area (Å²) >= 11 is 0. The van der Waals surface area contributed by atoms with Crippen molar-refractivity contribution in [1.29, 1.82) is 5.26 Å². The Kier molecular flexibility index (Phi) is 2.94. The molecule has 3 aromatic heterocycles. The molecule has 1 aliphatic rings. The fourth-order valence-electron chi connectivity index (χ4n) is 3.00. The van der Waals surface area contributed by atoms with Gasteiger partial charge in [0, 0.05) is 17.3 Å². The molecule has 25 heavy (non-hydrogen) atoms. The molecule has 0 bridgehead atoms. The highest BCUT2D eigenvalue weighted by molar-refractivity contribution is 5.69. The largest absolute Gasteiger partial charge is 0.300 e. The Balaban J connectivity index is 1.53. The van der Waals surface area contributed by atoms with E-state index in [4.69, 9.17) is 5.26 Å². The average Bonchev–Trinajstić information content (AvgIpc) is 3.24. The number of imidazole rings is 1. The van der Waals surface area contributed by atoms with Gasteiger partial charge in [0.25, 0.3) is 0 Å². The van der Waals surface area contributed by atoms with Crippen LogP contribution in [0.15, 0.2) is 55.0 Å². The molecule has 0 radical (unpaired) electrons. The van der Waals surface area contributed by atoms with Crippen LogP contribution < -0.4 is 0 Å². The molecular weight excluding hydrogens is 312 g/mol. The Morgan fingerprint density at radius 3 is 2.68 bits per heavy atom. The number of hydrogen-bond donors (Lipinski definition) is 0. The van der Waals surface area contributed by atoms with Gasteiger partial charge in [-0.2, -0.15) is 5.26 Å². The van der Waals surface area contributed by atoms with Gasteiger partial charge in [0.2, 0.25) is 0 Å². The lowest BCUT2D eigenvalue weighted by Gasteiger charge is -2.03. The smallest absolute Gasteiger partial charge is 0.137 e. The summed E-state index contributed by atoms with van der Waals surface area (Å²) in [4.78, 5) is 4.52. The molecule has 0 amide bonds. The van der Waals surface area contributed by atoms with E-state index < -0.39 is 0 Å². The summed E-state index contributed by atoms with van der Waals surface area (Å²) in [6, 6.07) is 14.2. The van der Waals surface area contributed by atoms with Gasteiger partial charge in [-0.1, -0.05) is 17.3 Å². The minimum absolute atomic E-state index is 0.527. The van der Waals surface area contributed by atoms with Crippen LogP contribution in [0.1, 0.15) is 24.4 Å². The summed E-state index contributed by atoms with van der Waals surface area (Å²) in [5.74, 6) is 0. The van der Waals surface area contributed by atoms with Crippen LogP contribution >= 0.6 is 0 Å². The monoisotopic (exact) mass is 326 g/mol. The van der Waals surface area contributed by atoms with Crippen molar-refractivity contribution in [1.82, 2.24) is 24.4 Å². The molecule has 1 fully saturated rings. The minimum atomic E-state index is 0.527. The average molecular weight is 326 g/mol. The first kappa shape index (κ1) is 13.9. The van der Waals surface area contributed by atoms with Gasteiger partial charge in [0.05, 0.1) is 35.8 Å². The number of fused-ring (bicyclic) bond motifs is 1. The zero-order valence-corrected chi connectivity index (χ0v) is 13.4. The van der Waals surface area contributed by atoms with Crippen LogP contribution in [0.5, 0.6) is 0 Å². The predicted octanol–water partition coefficient (Wildman–Crippen LogP) is 3.47. The van der Waals surface area contributed by atoms with Gasteiger partial charge in [-0.3, -0.25) is 4.40 Å². The van der Waals surface area contributed by atoms with Gasteiger partial charge in [0.1, 0.15) is 11.3 Å². The van der Waals surface area contributed by atoms with Gasteiger partial charge in [0.15, 0.2) is 0 Å². The Morgan fingerprint density at radius 1 is 1.08 bits per heavy atom. The maximum Gasteiger partial charge on any atom is 0.137 e. The zero-order chi connectivity index (χ0) is 16.8. The quantitative estimate of drug-likeness (QED) is 0.578. The van der Waals surface area contributed by atoms with E-state index >= 15 is 0 Å². The first-order chi connectivity index (χ1) is 12.3. The second-order valence-electron chi connectivity index (χ2n) is 6.29. The molecule has 6 heteroatoms. The SMILES string of the molecule is N#Cc1ccc(-c2cnc3cc(-c4cn(C5CC5)nn4)ccn23)cc1. The van der Waals surface area contributed by atoms with E-state index in [1.807, 2.05) is 64.1 Å². The number of rotatable bonds is 3. The molecule has 0 spiro atoms. The van der Waals surface area contributed by atoms with E-state index in [-0.39, 0.29) is 0 Å². The minimum Gasteiger partial charge on any atom is -0.300 e. The molecule has 0 aliphatic heterocycles. The second kappa shape index (κ2) is 5.28. The normalized spacial score (nSPS) is 13.9. The van der Waals surface area contributed by atoms with Gasteiger partial charge in [-0.15, -0.1) is 5.10 Å². The maximum absolute atomic E-state index is 8.93. The van der Waals surface area contributed by atoms with Crippen LogP contribution in [0.2, 0.25) is 0 Å². The topological polar surface area (TPSA) is 71.8 Å². The van der Waals surface area contributed by atoms with E-state index in [1.54, 1.807) is 0 Å². The number of aromatic nitrogens is 5. The fourth-order valence-corrected chi connectivity index (χ4v) is 3.00. The first-order valence-electron chi connectivity index (χ1n) is 8.22. The van der Waals surface area contributed by atoms with Crippen LogP contribution in [-0.2, 0) is 0 Å². The van der Waals surface area contributed by atoms with Crippen molar-refractivity contribution in [3.8, 4) is 28.6 Å². The molecule has 3 heterocycles. The molecule has 5 rings (SSSR count). The first-order valence-corrected chi connectivity index (χ1v) is 8.22. The van der Waals surface area contributed by atoms with Crippen molar-refractivity contribution in [2.45, 2.75) is 18.9 Å². The van der Waals surface area contributed by atoms with Crippen molar-refractivity contribution < 1.29 is 0 Å². The Morgan fingerprint density at radius 2 is 1.92 bits per heavy atom. The van der Waals surface area contributed by atoms with Crippen LogP contribution in [0.25, 0.3) is 28.2 Å². The Labute approximate surface area is 144 Å². The van der Waals surface area contributed by atoms with E-state index in [0.29, 0.717) is 11.6 Å². The van der Waals surface area contributed by atoms with Crippen molar-refractivity contribution in [2.75, 3.05) is 0 Å². The molecule has 1 saturated carbocycles. The van der Waals surface area contributed by atoms with Gasteiger partial charge >= 0.3 is 0 Å². The summed E-state index contributed by atoms with van der Waals surface area (Å²) in [5, 5.41) is 17.4. The van der Waals surface area contributed by atoms with E-state index in [9.17, 15) is 0 Å². The lowest BCUT2D eigenvalue weighted by Crippen LogP contribution is -1.93. The van der Waals surface area contributed by atoms with E-state index in [2.05, 4.69) is 21.4 Å². The van der Waals surface area contributed by atoms with E-state index in [1.165, 1.54) is 12.8 Å². The molecular formula is C19H14N6. The molecule has 4 aromatic rings. The molecule has 0 N–H and O–H groups in total. The Hall–Kier alpha value is -3.46. The second-order valence-corrected chi connectivity index (χ2v) is 6.29. The van der Waals surface area contributed by atoms with Crippen molar-refractivity contribution in [2.24, 2.45) is 0 Å². The standard InChI is InChI=1S/C19H14N6/c20-10-13-1-3-14(4-2-13)18-11-21-19-9-15(7-8-24(18)19)17-12-25(23-22-17)16-5-6-16/h1-4,7-9,11-12,16H,5-6H2. The summed E-state index contributed by atoms with van der Waals surface area (Å²) in [6.07, 6.45) is 8.24. The molecule has 0 saturated heterocycles. The number of hydrogen-bond acceptors (Lipinski definition) is 4.